The minimum absolute atomic E-state index is 0.0213. The Balaban J connectivity index is 1.76. The average molecular weight is 290 g/mol. The molecule has 0 aromatic carbocycles. The minimum Gasteiger partial charge on any atom is -0.370 e. The molecule has 2 fully saturated rings. The van der Waals surface area contributed by atoms with Crippen LogP contribution >= 0.6 is 0 Å². The van der Waals surface area contributed by atoms with Crippen molar-refractivity contribution in [2.24, 2.45) is 0 Å². The predicted molar refractivity (Wildman–Crippen MR) is 83.5 cm³/mol. The van der Waals surface area contributed by atoms with Crippen molar-refractivity contribution in [3.05, 3.63) is 17.6 Å². The van der Waals surface area contributed by atoms with Crippen LogP contribution in [-0.2, 0) is 11.2 Å². The number of nitrogens with zero attached hydrogens (tertiary/aromatic N) is 3. The Morgan fingerprint density at radius 3 is 3.10 bits per heavy atom. The van der Waals surface area contributed by atoms with Crippen LogP contribution in [0.2, 0.25) is 0 Å². The lowest BCUT2D eigenvalue weighted by molar-refractivity contribution is -0.0541. The number of hydrogen-bond donors (Lipinski definition) is 1. The van der Waals surface area contributed by atoms with Gasteiger partial charge < -0.3 is 10.1 Å². The molecule has 116 valence electrons. The molecule has 0 aliphatic carbocycles. The van der Waals surface area contributed by atoms with E-state index in [1.165, 1.54) is 19.4 Å². The van der Waals surface area contributed by atoms with Crippen LogP contribution in [0.5, 0.6) is 0 Å². The van der Waals surface area contributed by atoms with Gasteiger partial charge in [0.2, 0.25) is 0 Å². The predicted octanol–water partition coefficient (Wildman–Crippen LogP) is 2.40. The highest BCUT2D eigenvalue weighted by molar-refractivity contribution is 5.36. The summed E-state index contributed by atoms with van der Waals surface area (Å²) in [4.78, 5) is 11.9. The Hall–Kier alpha value is -1.20. The van der Waals surface area contributed by atoms with Crippen molar-refractivity contribution >= 4 is 5.82 Å². The Morgan fingerprint density at radius 2 is 2.29 bits per heavy atom. The molecule has 0 bridgehead atoms. The molecule has 21 heavy (non-hydrogen) atoms. The molecule has 1 aromatic heterocycles. The molecule has 0 saturated carbocycles. The van der Waals surface area contributed by atoms with E-state index in [2.05, 4.69) is 35.1 Å². The highest BCUT2D eigenvalue weighted by atomic mass is 16.5. The summed E-state index contributed by atoms with van der Waals surface area (Å²) in [5.74, 6) is 1.78. The lowest BCUT2D eigenvalue weighted by Crippen LogP contribution is -2.43. The van der Waals surface area contributed by atoms with Gasteiger partial charge in [0.15, 0.2) is 5.82 Å². The van der Waals surface area contributed by atoms with Gasteiger partial charge in [-0.15, -0.1) is 0 Å². The van der Waals surface area contributed by atoms with Crippen molar-refractivity contribution in [3.8, 4) is 0 Å². The first-order chi connectivity index (χ1) is 10.3. The Kier molecular flexibility index (Phi) is 4.70. The number of ether oxygens (including phenoxy) is 1. The zero-order valence-corrected chi connectivity index (χ0v) is 13.1. The lowest BCUT2D eigenvalue weighted by Gasteiger charge is -2.34. The third kappa shape index (κ3) is 3.35. The fraction of sp³-hybridized carbons (Fsp3) is 0.750. The van der Waals surface area contributed by atoms with Gasteiger partial charge in [-0.1, -0.05) is 13.8 Å². The molecule has 2 atom stereocenters. The number of morpholine rings is 1. The van der Waals surface area contributed by atoms with E-state index in [0.29, 0.717) is 6.04 Å². The van der Waals surface area contributed by atoms with Gasteiger partial charge in [0.25, 0.3) is 0 Å². The van der Waals surface area contributed by atoms with Gasteiger partial charge in [-0.2, -0.15) is 0 Å². The third-order valence-corrected chi connectivity index (χ3v) is 4.39. The van der Waals surface area contributed by atoms with Crippen LogP contribution in [-0.4, -0.2) is 47.2 Å². The second-order valence-electron chi connectivity index (χ2n) is 6.00. The van der Waals surface area contributed by atoms with E-state index in [0.717, 1.165) is 49.9 Å². The zero-order valence-electron chi connectivity index (χ0n) is 13.1. The Morgan fingerprint density at radius 1 is 1.38 bits per heavy atom. The standard InChI is InChI=1S/C16H26N4O/c1-3-7-17-15-9-12(4-2)18-16(19-15)14-10-20-8-5-6-13(20)11-21-14/h9,13-14H,3-8,10-11H2,1-2H3,(H,17,18,19). The number of fused-ring (bicyclic) bond motifs is 1. The number of rotatable bonds is 5. The van der Waals surface area contributed by atoms with Crippen LogP contribution in [0.25, 0.3) is 0 Å². The zero-order chi connectivity index (χ0) is 14.7. The summed E-state index contributed by atoms with van der Waals surface area (Å²) in [5, 5.41) is 3.37. The number of nitrogens with one attached hydrogen (secondary N) is 1. The van der Waals surface area contributed by atoms with Crippen LogP contribution in [0.4, 0.5) is 5.82 Å². The fourth-order valence-corrected chi connectivity index (χ4v) is 3.16. The highest BCUT2D eigenvalue weighted by Gasteiger charge is 2.34. The fourth-order valence-electron chi connectivity index (χ4n) is 3.16. The van der Waals surface area contributed by atoms with Gasteiger partial charge >= 0.3 is 0 Å². The number of aryl methyl sites for hydroxylation is 1. The Labute approximate surface area is 127 Å². The van der Waals surface area contributed by atoms with Crippen molar-refractivity contribution in [3.63, 3.8) is 0 Å². The molecule has 3 rings (SSSR count). The van der Waals surface area contributed by atoms with Crippen molar-refractivity contribution in [1.82, 2.24) is 14.9 Å². The summed E-state index contributed by atoms with van der Waals surface area (Å²) in [6.07, 6.45) is 4.60. The van der Waals surface area contributed by atoms with Gasteiger partial charge in [0.05, 0.1) is 6.61 Å². The molecule has 5 heteroatoms. The molecule has 2 unspecified atom stereocenters. The van der Waals surface area contributed by atoms with E-state index in [1.807, 2.05) is 0 Å². The van der Waals surface area contributed by atoms with Crippen molar-refractivity contribution in [1.29, 1.82) is 0 Å². The molecular weight excluding hydrogens is 264 g/mol. The first-order valence-corrected chi connectivity index (χ1v) is 8.27. The maximum absolute atomic E-state index is 6.04. The van der Waals surface area contributed by atoms with Crippen LogP contribution in [0.15, 0.2) is 6.07 Å². The van der Waals surface area contributed by atoms with E-state index in [1.54, 1.807) is 0 Å². The number of aromatic nitrogens is 2. The van der Waals surface area contributed by atoms with Crippen molar-refractivity contribution in [2.45, 2.75) is 51.7 Å². The number of anilines is 1. The molecule has 1 N–H and O–H groups in total. The maximum atomic E-state index is 6.04. The average Bonchev–Trinajstić information content (AvgIpc) is 3.00. The minimum atomic E-state index is 0.0213. The summed E-state index contributed by atoms with van der Waals surface area (Å²) in [5.41, 5.74) is 1.09. The maximum Gasteiger partial charge on any atom is 0.161 e. The first-order valence-electron chi connectivity index (χ1n) is 8.27. The molecule has 2 aliphatic heterocycles. The summed E-state index contributed by atoms with van der Waals surface area (Å²) in [7, 11) is 0. The molecule has 0 radical (unpaired) electrons. The van der Waals surface area contributed by atoms with Gasteiger partial charge in [-0.05, 0) is 32.2 Å². The summed E-state index contributed by atoms with van der Waals surface area (Å²) < 4.78 is 6.04. The second-order valence-corrected chi connectivity index (χ2v) is 6.00. The molecule has 5 nitrogen and oxygen atoms in total. The summed E-state index contributed by atoms with van der Waals surface area (Å²) in [6, 6.07) is 2.67. The smallest absolute Gasteiger partial charge is 0.161 e. The monoisotopic (exact) mass is 290 g/mol. The molecule has 0 spiro atoms. The van der Waals surface area contributed by atoms with Crippen LogP contribution in [0.1, 0.15) is 50.7 Å². The molecule has 2 saturated heterocycles. The van der Waals surface area contributed by atoms with Gasteiger partial charge in [0, 0.05) is 30.9 Å². The van der Waals surface area contributed by atoms with E-state index < -0.39 is 0 Å². The summed E-state index contributed by atoms with van der Waals surface area (Å²) in [6.45, 7) is 8.19. The van der Waals surface area contributed by atoms with E-state index >= 15 is 0 Å². The van der Waals surface area contributed by atoms with Crippen LogP contribution in [0.3, 0.4) is 0 Å². The lowest BCUT2D eigenvalue weighted by atomic mass is 10.1. The van der Waals surface area contributed by atoms with Crippen molar-refractivity contribution in [2.75, 3.05) is 31.6 Å². The largest absolute Gasteiger partial charge is 0.370 e. The molecule has 0 amide bonds. The number of hydrogen-bond acceptors (Lipinski definition) is 5. The topological polar surface area (TPSA) is 50.3 Å². The Bertz CT molecular complexity index is 479. The first kappa shape index (κ1) is 14.7. The molecular formula is C16H26N4O. The summed E-state index contributed by atoms with van der Waals surface area (Å²) >= 11 is 0. The molecule has 1 aromatic rings. The quantitative estimate of drug-likeness (QED) is 0.902. The van der Waals surface area contributed by atoms with E-state index in [4.69, 9.17) is 9.72 Å². The van der Waals surface area contributed by atoms with E-state index in [-0.39, 0.29) is 6.10 Å². The molecule has 2 aliphatic rings. The van der Waals surface area contributed by atoms with Gasteiger partial charge in [0.1, 0.15) is 11.9 Å². The molecule has 3 heterocycles. The SMILES string of the molecule is CCCNc1cc(CC)nc(C2CN3CCCC3CO2)n1. The normalized spacial score (nSPS) is 25.8. The third-order valence-electron chi connectivity index (χ3n) is 4.39. The van der Waals surface area contributed by atoms with Crippen LogP contribution < -0.4 is 5.32 Å². The van der Waals surface area contributed by atoms with Gasteiger partial charge in [-0.3, -0.25) is 4.90 Å². The van der Waals surface area contributed by atoms with Crippen LogP contribution in [0, 0.1) is 0 Å². The second kappa shape index (κ2) is 6.71. The van der Waals surface area contributed by atoms with Gasteiger partial charge in [-0.25, -0.2) is 9.97 Å². The van der Waals surface area contributed by atoms with Crippen molar-refractivity contribution < 1.29 is 4.74 Å². The highest BCUT2D eigenvalue weighted by Crippen LogP contribution is 2.29. The van der Waals surface area contributed by atoms with E-state index in [9.17, 15) is 0 Å².